The Bertz CT molecular complexity index is 1610. The lowest BCUT2D eigenvalue weighted by molar-refractivity contribution is -0.133. The van der Waals surface area contributed by atoms with Gasteiger partial charge in [0, 0.05) is 30.6 Å². The third-order valence-electron chi connectivity index (χ3n) is 7.20. The number of aliphatic hydroxyl groups is 1. The highest BCUT2D eigenvalue weighted by Gasteiger charge is 2.48. The summed E-state index contributed by atoms with van der Waals surface area (Å²) in [7, 11) is 0. The Hall–Kier alpha value is -4.29. The molecule has 2 aliphatic heterocycles. The maximum absolute atomic E-state index is 14.8. The second kappa shape index (κ2) is 12.1. The minimum absolute atomic E-state index is 0.0287. The van der Waals surface area contributed by atoms with E-state index >= 15 is 0 Å². The summed E-state index contributed by atoms with van der Waals surface area (Å²) in [5.74, 6) is -0.181. The number of benzene rings is 1. The van der Waals surface area contributed by atoms with Crippen LogP contribution in [0, 0.1) is 18.2 Å². The largest absolute Gasteiger partial charge is 0.480 e. The number of halogens is 5. The molecule has 2 aliphatic rings. The highest BCUT2D eigenvalue weighted by atomic mass is 32.1. The van der Waals surface area contributed by atoms with Gasteiger partial charge >= 0.3 is 0 Å². The van der Waals surface area contributed by atoms with Crippen molar-refractivity contribution < 1.29 is 41.4 Å². The van der Waals surface area contributed by atoms with Gasteiger partial charge in [0.2, 0.25) is 17.4 Å². The Morgan fingerprint density at radius 3 is 2.67 bits per heavy atom. The molecule has 15 heteroatoms. The molecular weight excluding hydrogens is 597 g/mol. The molecule has 5 rings (SSSR count). The van der Waals surface area contributed by atoms with E-state index in [0.717, 1.165) is 6.07 Å². The average molecular weight is 622 g/mol. The van der Waals surface area contributed by atoms with Crippen molar-refractivity contribution in [1.29, 1.82) is 0 Å². The number of aromatic nitrogens is 3. The first-order valence-electron chi connectivity index (χ1n) is 13.0. The molecule has 1 amide bonds. The number of nitrogens with one attached hydrogen (secondary N) is 1. The number of alkyl halides is 4. The number of Topliss-reactive ketones (excluding diaryl/α,β-unsaturated/α-hetero) is 1. The van der Waals surface area contributed by atoms with Crippen LogP contribution < -0.4 is 10.1 Å². The highest BCUT2D eigenvalue weighted by molar-refractivity contribution is 7.09. The number of hydrogen-bond donors (Lipinski definition) is 2. The molecule has 1 unspecified atom stereocenters. The number of likely N-dealkylation sites (tertiary alicyclic amines) is 1. The molecule has 9 nitrogen and oxygen atoms in total. The van der Waals surface area contributed by atoms with Crippen molar-refractivity contribution in [2.45, 2.75) is 43.9 Å². The van der Waals surface area contributed by atoms with E-state index in [2.05, 4.69) is 21.3 Å². The number of rotatable bonds is 9. The molecule has 226 valence electrons. The molecule has 0 bridgehead atoms. The molecule has 1 atom stereocenters. The van der Waals surface area contributed by atoms with Crippen molar-refractivity contribution in [3.63, 3.8) is 0 Å². The van der Waals surface area contributed by atoms with Gasteiger partial charge in [-0.2, -0.15) is 5.10 Å². The fourth-order valence-corrected chi connectivity index (χ4v) is 6.03. The number of thiazole rings is 1. The van der Waals surface area contributed by atoms with Crippen LogP contribution in [0.3, 0.4) is 0 Å². The van der Waals surface area contributed by atoms with Gasteiger partial charge in [-0.1, -0.05) is 12.0 Å². The minimum Gasteiger partial charge on any atom is -0.480 e. The van der Waals surface area contributed by atoms with E-state index in [9.17, 15) is 36.6 Å². The van der Waals surface area contributed by atoms with Gasteiger partial charge in [-0.25, -0.2) is 26.9 Å². The smallest absolute Gasteiger partial charge is 0.282 e. The third kappa shape index (κ3) is 5.84. The maximum atomic E-state index is 14.8. The fraction of sp³-hybridized carbons (Fsp3) is 0.357. The Balaban J connectivity index is 1.23. The number of carbonyl (C=O) groups is 2. The first kappa shape index (κ1) is 30.2. The number of nitrogens with zero attached hydrogens (tertiary/aromatic N) is 4. The normalized spacial score (nSPS) is 19.1. The second-order valence-electron chi connectivity index (χ2n) is 9.83. The van der Waals surface area contributed by atoms with Crippen LogP contribution in [0.5, 0.6) is 5.75 Å². The number of amides is 1. The van der Waals surface area contributed by atoms with Gasteiger partial charge in [0.15, 0.2) is 0 Å². The summed E-state index contributed by atoms with van der Waals surface area (Å²) >= 11 is 1.27. The Morgan fingerprint density at radius 1 is 1.26 bits per heavy atom. The Labute approximate surface area is 246 Å². The van der Waals surface area contributed by atoms with Crippen LogP contribution in [0.15, 0.2) is 35.8 Å². The molecule has 43 heavy (non-hydrogen) atoms. The molecule has 2 N–H and O–H groups in total. The minimum atomic E-state index is -3.07. The topological polar surface area (TPSA) is 110 Å². The predicted octanol–water partition coefficient (Wildman–Crippen LogP) is 4.13. The van der Waals surface area contributed by atoms with Gasteiger partial charge in [0.25, 0.3) is 12.9 Å². The summed E-state index contributed by atoms with van der Waals surface area (Å²) in [6, 6.07) is 4.41. The Morgan fingerprint density at radius 2 is 2.00 bits per heavy atom. The molecule has 1 saturated heterocycles. The molecule has 0 radical (unpaired) electrons. The van der Waals surface area contributed by atoms with Crippen LogP contribution in [-0.4, -0.2) is 56.2 Å². The zero-order valence-corrected chi connectivity index (χ0v) is 23.1. The lowest BCUT2D eigenvalue weighted by Crippen LogP contribution is -2.43. The van der Waals surface area contributed by atoms with Gasteiger partial charge < -0.3 is 20.1 Å². The summed E-state index contributed by atoms with van der Waals surface area (Å²) in [6.45, 7) is -0.271. The standard InChI is InChI=1S/C28H24F5N5O4S/c1-2-10-42-21-5-3-4-17(29)23(21)28(41)24(40)16(12-34-28)19-14-43-27(35-19)15-6-8-37(9-7-15)22(39)13-38-20(26(32)33)11-18(36-38)25(30)31/h1,3-5,11-12,14-15,25-26,34,41H,6-10,13H2. The number of hydrogen-bond acceptors (Lipinski definition) is 8. The van der Waals surface area contributed by atoms with E-state index in [1.54, 1.807) is 5.38 Å². The van der Waals surface area contributed by atoms with Crippen molar-refractivity contribution in [3.05, 3.63) is 69.3 Å². The van der Waals surface area contributed by atoms with Gasteiger partial charge in [-0.15, -0.1) is 17.8 Å². The number of carbonyl (C=O) groups excluding carboxylic acids is 2. The molecule has 4 heterocycles. The van der Waals surface area contributed by atoms with E-state index in [1.807, 2.05) is 0 Å². The van der Waals surface area contributed by atoms with Crippen LogP contribution in [0.4, 0.5) is 22.0 Å². The molecule has 0 aliphatic carbocycles. The van der Waals surface area contributed by atoms with Crippen molar-refractivity contribution in [2.24, 2.45) is 0 Å². The molecule has 3 aromatic rings. The van der Waals surface area contributed by atoms with Crippen molar-refractivity contribution in [2.75, 3.05) is 19.7 Å². The van der Waals surface area contributed by atoms with Gasteiger partial charge in [0.1, 0.15) is 36.1 Å². The summed E-state index contributed by atoms with van der Waals surface area (Å²) in [5, 5.41) is 19.5. The summed E-state index contributed by atoms with van der Waals surface area (Å²) in [5.41, 5.74) is -4.14. The first-order chi connectivity index (χ1) is 20.5. The zero-order valence-electron chi connectivity index (χ0n) is 22.3. The van der Waals surface area contributed by atoms with Crippen molar-refractivity contribution in [1.82, 2.24) is 25.0 Å². The highest BCUT2D eigenvalue weighted by Crippen LogP contribution is 2.40. The molecule has 0 spiro atoms. The van der Waals surface area contributed by atoms with Crippen molar-refractivity contribution in [3.8, 4) is 18.1 Å². The van der Waals surface area contributed by atoms with Crippen LogP contribution >= 0.6 is 11.3 Å². The fourth-order valence-electron chi connectivity index (χ4n) is 5.04. The predicted molar refractivity (Wildman–Crippen MR) is 144 cm³/mol. The molecular formula is C28H24F5N5O4S. The first-order valence-corrected chi connectivity index (χ1v) is 13.9. The van der Waals surface area contributed by atoms with E-state index < -0.39 is 59.6 Å². The molecule has 0 saturated carbocycles. The SMILES string of the molecule is C#CCOc1cccc(F)c1C1(O)NC=C(c2csc(C3CCN(C(=O)Cn4nc(C(F)F)cc4C(F)F)CC3)n2)C1=O. The average Bonchev–Trinajstić information content (AvgIpc) is 3.70. The Kier molecular flexibility index (Phi) is 8.52. The zero-order chi connectivity index (χ0) is 30.9. The number of piperidine rings is 1. The summed E-state index contributed by atoms with van der Waals surface area (Å²) < 4.78 is 73.2. The van der Waals surface area contributed by atoms with Crippen LogP contribution in [-0.2, 0) is 21.9 Å². The lowest BCUT2D eigenvalue weighted by Gasteiger charge is -2.31. The van der Waals surface area contributed by atoms with Gasteiger partial charge in [-0.3, -0.25) is 14.3 Å². The van der Waals surface area contributed by atoms with Gasteiger partial charge in [-0.05, 0) is 31.0 Å². The van der Waals surface area contributed by atoms with E-state index in [4.69, 9.17) is 11.2 Å². The summed E-state index contributed by atoms with van der Waals surface area (Å²) in [4.78, 5) is 32.1. The van der Waals surface area contributed by atoms with Crippen LogP contribution in [0.1, 0.15) is 59.3 Å². The maximum Gasteiger partial charge on any atom is 0.282 e. The second-order valence-corrected chi connectivity index (χ2v) is 10.7. The van der Waals surface area contributed by atoms with Gasteiger partial charge in [0.05, 0.1) is 21.8 Å². The monoisotopic (exact) mass is 621 g/mol. The van der Waals surface area contributed by atoms with E-state index in [-0.39, 0.29) is 42.6 Å². The summed E-state index contributed by atoms with van der Waals surface area (Å²) in [6.07, 6.45) is 1.31. The molecule has 1 fully saturated rings. The number of terminal acetylenes is 1. The number of ether oxygens (including phenoxy) is 1. The molecule has 2 aromatic heterocycles. The van der Waals surface area contributed by atoms with Crippen molar-refractivity contribution >= 4 is 28.6 Å². The van der Waals surface area contributed by atoms with E-state index in [1.165, 1.54) is 34.6 Å². The third-order valence-corrected chi connectivity index (χ3v) is 8.21. The quantitative estimate of drug-likeness (QED) is 0.273. The van der Waals surface area contributed by atoms with Crippen LogP contribution in [0.2, 0.25) is 0 Å². The van der Waals surface area contributed by atoms with E-state index in [0.29, 0.717) is 28.6 Å². The van der Waals surface area contributed by atoms with Crippen LogP contribution in [0.25, 0.3) is 5.57 Å². The number of ketones is 1. The molecule has 1 aromatic carbocycles. The lowest BCUT2D eigenvalue weighted by atomic mass is 9.94.